The second-order valence-corrected chi connectivity index (χ2v) is 16.5. The fourth-order valence-electron chi connectivity index (χ4n) is 7.38. The van der Waals surface area contributed by atoms with Crippen molar-refractivity contribution in [2.24, 2.45) is 0 Å². The van der Waals surface area contributed by atoms with Crippen molar-refractivity contribution in [1.82, 2.24) is 14.5 Å². The first kappa shape index (κ1) is 38.7. The Balaban J connectivity index is 0.00000480. The zero-order valence-corrected chi connectivity index (χ0v) is 35.0. The van der Waals surface area contributed by atoms with Gasteiger partial charge in [-0.05, 0) is 69.8 Å². The molecule has 1 N–H and O–H groups in total. The van der Waals surface area contributed by atoms with Gasteiger partial charge in [0.05, 0.1) is 16.6 Å². The van der Waals surface area contributed by atoms with Crippen LogP contribution in [0.15, 0.2) is 152 Å². The van der Waals surface area contributed by atoms with Crippen molar-refractivity contribution in [3.8, 4) is 56.3 Å². The van der Waals surface area contributed by atoms with Gasteiger partial charge in [-0.2, -0.15) is 0 Å². The number of benzene rings is 6. The molecule has 0 aliphatic heterocycles. The Morgan fingerprint density at radius 3 is 1.95 bits per heavy atom. The Morgan fingerprint density at radius 1 is 0.607 bits per heavy atom. The molecule has 6 aromatic carbocycles. The van der Waals surface area contributed by atoms with Gasteiger partial charge in [0.1, 0.15) is 11.6 Å². The number of fused-ring (bicyclic) bond motifs is 1. The van der Waals surface area contributed by atoms with Crippen molar-refractivity contribution < 1.29 is 26.2 Å². The third-order valence-corrected chi connectivity index (χ3v) is 10.3. The predicted octanol–water partition coefficient (Wildman–Crippen LogP) is 12.8. The summed E-state index contributed by atoms with van der Waals surface area (Å²) in [6, 6.07) is 54.4. The standard InChI is InChI=1S/C51H46N3O.Pt/c1-50(2,3)40-32-43(48(55)44(33-40)51(4,5)6)49-53-47-42(23-16-24-46(47)54(49)41-21-14-9-15-22-41)38-28-35(27-34-17-10-7-11-18-34)29-39(30-38)45-31-37(25-26-52-45)36-19-12-8-13-20-36;/h7-26,28-29,31-33,55H,27H2,1-6H3;/q-1;. The molecule has 8 aromatic rings. The van der Waals surface area contributed by atoms with Gasteiger partial charge in [-0.3, -0.25) is 9.55 Å². The minimum atomic E-state index is -0.286. The van der Waals surface area contributed by atoms with Crippen LogP contribution >= 0.6 is 0 Å². The molecular weight excluding hydrogens is 866 g/mol. The van der Waals surface area contributed by atoms with Gasteiger partial charge in [0.2, 0.25) is 0 Å². The Morgan fingerprint density at radius 2 is 1.27 bits per heavy atom. The molecular formula is C51H46N3OPt-. The first-order valence-corrected chi connectivity index (χ1v) is 19.0. The van der Waals surface area contributed by atoms with E-state index in [0.717, 1.165) is 73.3 Å². The Bertz CT molecular complexity index is 2630. The molecule has 0 radical (unpaired) electrons. The molecule has 0 bridgehead atoms. The topological polar surface area (TPSA) is 50.9 Å². The van der Waals surface area contributed by atoms with Crippen LogP contribution in [0, 0.1) is 6.07 Å². The summed E-state index contributed by atoms with van der Waals surface area (Å²) >= 11 is 0. The molecule has 0 amide bonds. The quantitative estimate of drug-likeness (QED) is 0.162. The summed E-state index contributed by atoms with van der Waals surface area (Å²) in [4.78, 5) is 10.3. The molecule has 0 fully saturated rings. The molecule has 0 saturated carbocycles. The Kier molecular flexibility index (Phi) is 10.7. The largest absolute Gasteiger partial charge is 0.507 e. The second kappa shape index (κ2) is 15.5. The number of phenols is 1. The molecule has 4 nitrogen and oxygen atoms in total. The number of hydrogen-bond donors (Lipinski definition) is 1. The Labute approximate surface area is 345 Å². The van der Waals surface area contributed by atoms with Crippen LogP contribution in [0.3, 0.4) is 0 Å². The molecule has 0 spiro atoms. The molecule has 2 heterocycles. The van der Waals surface area contributed by atoms with E-state index in [-0.39, 0.29) is 37.6 Å². The van der Waals surface area contributed by atoms with Crippen LogP contribution in [0.4, 0.5) is 0 Å². The molecule has 56 heavy (non-hydrogen) atoms. The van der Waals surface area contributed by atoms with Crippen LogP contribution in [0.25, 0.3) is 61.6 Å². The minimum absolute atomic E-state index is 0. The van der Waals surface area contributed by atoms with E-state index in [9.17, 15) is 5.11 Å². The third-order valence-electron chi connectivity index (χ3n) is 10.3. The van der Waals surface area contributed by atoms with E-state index < -0.39 is 0 Å². The molecule has 5 heteroatoms. The fraction of sp³-hybridized carbons (Fsp3) is 0.176. The maximum atomic E-state index is 12.1. The van der Waals surface area contributed by atoms with Crippen LogP contribution in [-0.2, 0) is 38.3 Å². The van der Waals surface area contributed by atoms with E-state index in [0.29, 0.717) is 11.4 Å². The number of rotatable bonds is 7. The van der Waals surface area contributed by atoms with E-state index in [1.165, 1.54) is 5.56 Å². The summed E-state index contributed by atoms with van der Waals surface area (Å²) in [5.74, 6) is 0.957. The number of pyridine rings is 1. The maximum absolute atomic E-state index is 12.1. The van der Waals surface area contributed by atoms with Gasteiger partial charge in [-0.1, -0.05) is 156 Å². The molecule has 0 atom stereocenters. The third kappa shape index (κ3) is 7.77. The smallest absolute Gasteiger partial charge is 0.148 e. The van der Waals surface area contributed by atoms with Crippen molar-refractivity contribution in [2.75, 3.05) is 0 Å². The summed E-state index contributed by atoms with van der Waals surface area (Å²) in [5, 5.41) is 12.1. The summed E-state index contributed by atoms with van der Waals surface area (Å²) in [6.45, 7) is 13.1. The van der Waals surface area contributed by atoms with Crippen LogP contribution in [0.5, 0.6) is 5.75 Å². The normalized spacial score (nSPS) is 11.8. The van der Waals surface area contributed by atoms with E-state index in [1.54, 1.807) is 0 Å². The monoisotopic (exact) mass is 911 g/mol. The number of aromatic nitrogens is 3. The van der Waals surface area contributed by atoms with Gasteiger partial charge in [0.15, 0.2) is 0 Å². The number of nitrogens with zero attached hydrogens (tertiary/aromatic N) is 3. The van der Waals surface area contributed by atoms with Crippen molar-refractivity contribution in [3.05, 3.63) is 180 Å². The zero-order chi connectivity index (χ0) is 38.3. The van der Waals surface area contributed by atoms with Crippen molar-refractivity contribution >= 4 is 11.0 Å². The van der Waals surface area contributed by atoms with Gasteiger partial charge in [0.25, 0.3) is 0 Å². The average Bonchev–Trinajstić information content (AvgIpc) is 3.58. The molecule has 0 saturated heterocycles. The zero-order valence-electron chi connectivity index (χ0n) is 32.7. The summed E-state index contributed by atoms with van der Waals surface area (Å²) in [6.07, 6.45) is 2.64. The molecule has 2 aromatic heterocycles. The first-order chi connectivity index (χ1) is 26.4. The molecule has 0 aliphatic carbocycles. The van der Waals surface area contributed by atoms with Crippen molar-refractivity contribution in [2.45, 2.75) is 58.8 Å². The van der Waals surface area contributed by atoms with Crippen LogP contribution in [-0.4, -0.2) is 19.6 Å². The molecule has 8 rings (SSSR count). The van der Waals surface area contributed by atoms with Crippen LogP contribution < -0.4 is 0 Å². The predicted molar refractivity (Wildman–Crippen MR) is 228 cm³/mol. The summed E-state index contributed by atoms with van der Waals surface area (Å²) in [5.41, 5.74) is 13.4. The first-order valence-electron chi connectivity index (χ1n) is 19.0. The van der Waals surface area contributed by atoms with E-state index in [4.69, 9.17) is 9.97 Å². The SMILES string of the molecule is CC(C)(C)c1cc(-c2nc3c(-c4[c-]c(-c5cc(-c6ccccc6)ccn5)cc(Cc5ccccc5)c4)cccc3n2-c2ccccc2)c(O)c(C(C)(C)C)c1.[Pt]. The minimum Gasteiger partial charge on any atom is -0.507 e. The van der Waals surface area contributed by atoms with Gasteiger partial charge >= 0.3 is 0 Å². The van der Waals surface area contributed by atoms with Crippen molar-refractivity contribution in [1.29, 1.82) is 0 Å². The molecule has 0 aliphatic rings. The van der Waals surface area contributed by atoms with Gasteiger partial charge in [-0.15, -0.1) is 29.3 Å². The number of hydrogen-bond acceptors (Lipinski definition) is 3. The number of aromatic hydroxyl groups is 1. The van der Waals surface area contributed by atoms with Crippen LogP contribution in [0.2, 0.25) is 0 Å². The molecule has 282 valence electrons. The molecule has 0 unspecified atom stereocenters. The van der Waals surface area contributed by atoms with E-state index in [2.05, 4.69) is 174 Å². The van der Waals surface area contributed by atoms with Gasteiger partial charge in [0, 0.05) is 44.2 Å². The second-order valence-electron chi connectivity index (χ2n) is 16.5. The van der Waals surface area contributed by atoms with E-state index in [1.807, 2.05) is 30.5 Å². The number of para-hydroxylation sites is 2. The Hall–Kier alpha value is -5.57. The summed E-state index contributed by atoms with van der Waals surface area (Å²) in [7, 11) is 0. The summed E-state index contributed by atoms with van der Waals surface area (Å²) < 4.78 is 2.19. The number of imidazole rings is 1. The fourth-order valence-corrected chi connectivity index (χ4v) is 7.38. The average molecular weight is 912 g/mol. The maximum Gasteiger partial charge on any atom is 0.148 e. The van der Waals surface area contributed by atoms with E-state index >= 15 is 0 Å². The van der Waals surface area contributed by atoms with Gasteiger partial charge in [-0.25, -0.2) is 4.98 Å². The number of phenolic OH excluding ortho intramolecular Hbond substituents is 1. The van der Waals surface area contributed by atoms with Gasteiger partial charge < -0.3 is 5.11 Å². The van der Waals surface area contributed by atoms with Crippen LogP contribution in [0.1, 0.15) is 63.8 Å². The van der Waals surface area contributed by atoms with Crippen molar-refractivity contribution in [3.63, 3.8) is 0 Å².